The maximum absolute atomic E-state index is 11.7. The first-order valence-electron chi connectivity index (χ1n) is 4.89. The summed E-state index contributed by atoms with van der Waals surface area (Å²) in [7, 11) is 0. The van der Waals surface area contributed by atoms with Crippen molar-refractivity contribution in [2.24, 2.45) is 0 Å². The summed E-state index contributed by atoms with van der Waals surface area (Å²) in [5.41, 5.74) is 0.776. The van der Waals surface area contributed by atoms with Crippen molar-refractivity contribution in [1.82, 2.24) is 0 Å². The molecule has 1 amide bonds. The van der Waals surface area contributed by atoms with E-state index in [1.807, 2.05) is 0 Å². The molecule has 88 valence electrons. The fourth-order valence-electron chi connectivity index (χ4n) is 1.73. The van der Waals surface area contributed by atoms with Crippen LogP contribution in [-0.4, -0.2) is 29.3 Å². The molecule has 0 unspecified atom stereocenters. The van der Waals surface area contributed by atoms with Crippen LogP contribution < -0.4 is 4.90 Å². The Hall–Kier alpha value is -1.69. The Bertz CT molecular complexity index is 526. The van der Waals surface area contributed by atoms with E-state index in [0.29, 0.717) is 15.7 Å². The molecule has 1 heterocycles. The Labute approximate surface area is 105 Å². The fraction of sp³-hybridized carbons (Fsp3) is 0.182. The molecule has 0 saturated carbocycles. The first-order chi connectivity index (χ1) is 8.02. The molecule has 0 spiro atoms. The monoisotopic (exact) mass is 297 g/mol. The van der Waals surface area contributed by atoms with Crippen LogP contribution in [0.15, 0.2) is 22.7 Å². The van der Waals surface area contributed by atoms with Crippen LogP contribution >= 0.6 is 15.9 Å². The lowest BCUT2D eigenvalue weighted by Crippen LogP contribution is -2.31. The molecular formula is C11H8BrNO4. The van der Waals surface area contributed by atoms with Gasteiger partial charge in [0, 0.05) is 11.0 Å². The normalized spacial score (nSPS) is 14.1. The van der Waals surface area contributed by atoms with Gasteiger partial charge in [0.25, 0.3) is 11.7 Å². The van der Waals surface area contributed by atoms with Crippen LogP contribution in [0.3, 0.4) is 0 Å². The van der Waals surface area contributed by atoms with E-state index in [1.54, 1.807) is 18.2 Å². The number of rotatable bonds is 3. The maximum Gasteiger partial charge on any atom is 0.305 e. The number of halogens is 1. The molecule has 2 rings (SSSR count). The van der Waals surface area contributed by atoms with Crippen LogP contribution in [0.25, 0.3) is 0 Å². The Balaban J connectivity index is 2.40. The third-order valence-electron chi connectivity index (χ3n) is 2.49. The number of Topliss-reactive ketones (excluding diaryl/α,β-unsaturated/α-hetero) is 1. The van der Waals surface area contributed by atoms with Crippen LogP contribution in [0.2, 0.25) is 0 Å². The first-order valence-corrected chi connectivity index (χ1v) is 5.68. The van der Waals surface area contributed by atoms with Gasteiger partial charge in [-0.15, -0.1) is 0 Å². The van der Waals surface area contributed by atoms with Gasteiger partial charge >= 0.3 is 5.97 Å². The second-order valence-corrected chi connectivity index (χ2v) is 4.42. The first kappa shape index (κ1) is 11.8. The number of amides is 1. The Morgan fingerprint density at radius 1 is 1.35 bits per heavy atom. The number of hydrogen-bond acceptors (Lipinski definition) is 3. The van der Waals surface area contributed by atoms with Crippen LogP contribution in [0.1, 0.15) is 16.8 Å². The Kier molecular flexibility index (Phi) is 2.97. The van der Waals surface area contributed by atoms with Crippen molar-refractivity contribution in [3.63, 3.8) is 0 Å². The van der Waals surface area contributed by atoms with Crippen molar-refractivity contribution in [1.29, 1.82) is 0 Å². The molecule has 0 aromatic heterocycles. The zero-order valence-electron chi connectivity index (χ0n) is 8.64. The number of para-hydroxylation sites is 1. The number of hydrogen-bond donors (Lipinski definition) is 1. The number of benzene rings is 1. The number of carbonyl (C=O) groups is 3. The van der Waals surface area contributed by atoms with Gasteiger partial charge in [-0.1, -0.05) is 6.07 Å². The third-order valence-corrected chi connectivity index (χ3v) is 3.13. The Morgan fingerprint density at radius 3 is 2.71 bits per heavy atom. The summed E-state index contributed by atoms with van der Waals surface area (Å²) in [5, 5.41) is 8.61. The van der Waals surface area contributed by atoms with Gasteiger partial charge in [0.05, 0.1) is 17.7 Å². The molecule has 6 heteroatoms. The summed E-state index contributed by atoms with van der Waals surface area (Å²) < 4.78 is 0.611. The molecule has 0 saturated heterocycles. The van der Waals surface area contributed by atoms with E-state index in [9.17, 15) is 14.4 Å². The highest BCUT2D eigenvalue weighted by atomic mass is 79.9. The van der Waals surface area contributed by atoms with Crippen molar-refractivity contribution >= 4 is 39.3 Å². The summed E-state index contributed by atoms with van der Waals surface area (Å²) in [4.78, 5) is 35.0. The van der Waals surface area contributed by atoms with E-state index in [1.165, 1.54) is 4.90 Å². The molecule has 1 N–H and O–H groups in total. The van der Waals surface area contributed by atoms with E-state index in [0.717, 1.165) is 0 Å². The minimum Gasteiger partial charge on any atom is -0.481 e. The number of carbonyl (C=O) groups excluding carboxylic acids is 2. The highest BCUT2D eigenvalue weighted by Gasteiger charge is 2.36. The summed E-state index contributed by atoms with van der Waals surface area (Å²) in [6.07, 6.45) is -0.195. The van der Waals surface area contributed by atoms with Gasteiger partial charge in [0.1, 0.15) is 0 Å². The van der Waals surface area contributed by atoms with E-state index >= 15 is 0 Å². The number of nitrogens with zero attached hydrogens (tertiary/aromatic N) is 1. The van der Waals surface area contributed by atoms with Gasteiger partial charge in [-0.25, -0.2) is 0 Å². The largest absolute Gasteiger partial charge is 0.481 e. The Morgan fingerprint density at radius 2 is 2.06 bits per heavy atom. The lowest BCUT2D eigenvalue weighted by atomic mass is 10.1. The summed E-state index contributed by atoms with van der Waals surface area (Å²) in [6, 6.07) is 4.92. The van der Waals surface area contributed by atoms with Crippen LogP contribution in [0.4, 0.5) is 5.69 Å². The maximum atomic E-state index is 11.7. The van der Waals surface area contributed by atoms with Crippen LogP contribution in [0, 0.1) is 0 Å². The average Bonchev–Trinajstić information content (AvgIpc) is 2.52. The molecule has 1 aliphatic rings. The highest BCUT2D eigenvalue weighted by Crippen LogP contribution is 2.35. The molecule has 5 nitrogen and oxygen atoms in total. The lowest BCUT2D eigenvalue weighted by molar-refractivity contribution is -0.136. The van der Waals surface area contributed by atoms with Gasteiger partial charge in [-0.05, 0) is 28.1 Å². The van der Waals surface area contributed by atoms with Gasteiger partial charge in [0.15, 0.2) is 0 Å². The second-order valence-electron chi connectivity index (χ2n) is 3.57. The zero-order chi connectivity index (χ0) is 12.6. The van der Waals surface area contributed by atoms with Gasteiger partial charge in [0.2, 0.25) is 0 Å². The third kappa shape index (κ3) is 1.95. The standard InChI is InChI=1S/C11H8BrNO4/c12-7-3-1-2-6-9(7)13(5-4-8(14)15)11(17)10(6)16/h1-3H,4-5H2,(H,14,15). The van der Waals surface area contributed by atoms with Crippen molar-refractivity contribution in [2.45, 2.75) is 6.42 Å². The summed E-state index contributed by atoms with van der Waals surface area (Å²) >= 11 is 3.26. The number of aliphatic carboxylic acids is 1. The number of carboxylic acids is 1. The number of anilines is 1. The molecule has 0 bridgehead atoms. The van der Waals surface area contributed by atoms with Crippen LogP contribution in [-0.2, 0) is 9.59 Å². The van der Waals surface area contributed by atoms with Crippen molar-refractivity contribution in [2.75, 3.05) is 11.4 Å². The lowest BCUT2D eigenvalue weighted by Gasteiger charge is -2.16. The topological polar surface area (TPSA) is 74.7 Å². The molecule has 0 fully saturated rings. The highest BCUT2D eigenvalue weighted by molar-refractivity contribution is 9.10. The van der Waals surface area contributed by atoms with E-state index < -0.39 is 17.7 Å². The number of fused-ring (bicyclic) bond motifs is 1. The number of ketones is 1. The van der Waals surface area contributed by atoms with Crippen molar-refractivity contribution in [3.05, 3.63) is 28.2 Å². The smallest absolute Gasteiger partial charge is 0.305 e. The summed E-state index contributed by atoms with van der Waals surface area (Å²) in [6.45, 7) is -0.00444. The molecule has 0 radical (unpaired) electrons. The minimum atomic E-state index is -1.01. The van der Waals surface area contributed by atoms with Crippen molar-refractivity contribution < 1.29 is 19.5 Å². The SMILES string of the molecule is O=C(O)CCN1C(=O)C(=O)c2cccc(Br)c21. The van der Waals surface area contributed by atoms with Gasteiger partial charge < -0.3 is 10.0 Å². The van der Waals surface area contributed by atoms with Gasteiger partial charge in [-0.2, -0.15) is 0 Å². The molecule has 1 aromatic rings. The quantitative estimate of drug-likeness (QED) is 0.857. The molecule has 0 aliphatic carbocycles. The average molecular weight is 298 g/mol. The van der Waals surface area contributed by atoms with Crippen molar-refractivity contribution in [3.8, 4) is 0 Å². The second kappa shape index (κ2) is 4.29. The predicted octanol–water partition coefficient (Wildman–Crippen LogP) is 1.45. The fourth-order valence-corrected chi connectivity index (χ4v) is 2.31. The van der Waals surface area contributed by atoms with E-state index in [2.05, 4.69) is 15.9 Å². The molecule has 1 aromatic carbocycles. The molecule has 0 atom stereocenters. The van der Waals surface area contributed by atoms with E-state index in [-0.39, 0.29) is 13.0 Å². The van der Waals surface area contributed by atoms with Gasteiger partial charge in [-0.3, -0.25) is 14.4 Å². The predicted molar refractivity (Wildman–Crippen MR) is 63.1 cm³/mol. The molecule has 1 aliphatic heterocycles. The summed E-state index contributed by atoms with van der Waals surface area (Å²) in [5.74, 6) is -2.27. The number of carboxylic acid groups (broad SMARTS) is 1. The van der Waals surface area contributed by atoms with Crippen LogP contribution in [0.5, 0.6) is 0 Å². The van der Waals surface area contributed by atoms with E-state index in [4.69, 9.17) is 5.11 Å². The minimum absolute atomic E-state index is 0.00444. The zero-order valence-corrected chi connectivity index (χ0v) is 10.2. The molecule has 17 heavy (non-hydrogen) atoms. The molecular weight excluding hydrogens is 290 g/mol.